The van der Waals surface area contributed by atoms with Crippen LogP contribution in [0.2, 0.25) is 0 Å². The van der Waals surface area contributed by atoms with Gasteiger partial charge < -0.3 is 10.4 Å². The molecule has 0 unspecified atom stereocenters. The summed E-state index contributed by atoms with van der Waals surface area (Å²) in [5, 5.41) is 11.4. The van der Waals surface area contributed by atoms with Crippen LogP contribution in [-0.2, 0) is 14.6 Å². The van der Waals surface area contributed by atoms with Gasteiger partial charge >= 0.3 is 5.97 Å². The molecule has 130 valence electrons. The monoisotopic (exact) mass is 353 g/mol. The number of sulfone groups is 1. The van der Waals surface area contributed by atoms with Gasteiger partial charge in [0.25, 0.3) is 5.91 Å². The predicted octanol–water partition coefficient (Wildman–Crippen LogP) is 0.967. The fraction of sp³-hybridized carbons (Fsp3) is 0.400. The maximum Gasteiger partial charge on any atom is 0.326 e. The first kappa shape index (κ1) is 17.9. The standard InChI is InChI=1S/C15H19N3O5S/c1-9(2)8-10(14(20)21)16-13(19)12-11-6-4-5-7-18(11)15(17-12)24(3,22)23/h4-7,9-10H,8H2,1-3H3,(H,16,19)(H,20,21)/t10-/m0/s1. The van der Waals surface area contributed by atoms with Crippen LogP contribution in [0.15, 0.2) is 29.6 Å². The topological polar surface area (TPSA) is 118 Å². The molecule has 2 aromatic rings. The van der Waals surface area contributed by atoms with Crippen molar-refractivity contribution in [2.45, 2.75) is 31.5 Å². The third-order valence-corrected chi connectivity index (χ3v) is 4.32. The number of carbonyl (C=O) groups is 2. The Bertz CT molecular complexity index is 886. The van der Waals surface area contributed by atoms with Crippen LogP contribution in [0.5, 0.6) is 0 Å². The van der Waals surface area contributed by atoms with Gasteiger partial charge in [0, 0.05) is 12.5 Å². The summed E-state index contributed by atoms with van der Waals surface area (Å²) in [6.07, 6.45) is 2.74. The molecule has 8 nitrogen and oxygen atoms in total. The molecule has 0 aliphatic carbocycles. The van der Waals surface area contributed by atoms with Gasteiger partial charge in [-0.1, -0.05) is 19.9 Å². The molecule has 2 aromatic heterocycles. The van der Waals surface area contributed by atoms with E-state index in [4.69, 9.17) is 0 Å². The molecule has 2 heterocycles. The quantitative estimate of drug-likeness (QED) is 0.799. The SMILES string of the molecule is CC(C)C[C@H](NC(=O)c1nc(S(C)(=O)=O)n2ccccc12)C(=O)O. The third-order valence-electron chi connectivity index (χ3n) is 3.37. The van der Waals surface area contributed by atoms with Crippen molar-refractivity contribution >= 4 is 27.2 Å². The lowest BCUT2D eigenvalue weighted by atomic mass is 10.0. The Kier molecular flexibility index (Phi) is 4.93. The molecule has 2 N–H and O–H groups in total. The second kappa shape index (κ2) is 6.60. The van der Waals surface area contributed by atoms with E-state index in [2.05, 4.69) is 10.3 Å². The first-order chi connectivity index (χ1) is 11.1. The molecule has 0 aliphatic rings. The molecule has 24 heavy (non-hydrogen) atoms. The lowest BCUT2D eigenvalue weighted by Gasteiger charge is -2.15. The smallest absolute Gasteiger partial charge is 0.326 e. The van der Waals surface area contributed by atoms with Gasteiger partial charge in [-0.15, -0.1) is 0 Å². The number of hydrogen-bond acceptors (Lipinski definition) is 5. The average Bonchev–Trinajstić information content (AvgIpc) is 2.85. The van der Waals surface area contributed by atoms with Crippen LogP contribution in [0.4, 0.5) is 0 Å². The number of aromatic nitrogens is 2. The Balaban J connectivity index is 2.45. The highest BCUT2D eigenvalue weighted by atomic mass is 32.2. The Hall–Kier alpha value is -2.42. The second-order valence-corrected chi connectivity index (χ2v) is 7.87. The Labute approximate surface area is 139 Å². The molecule has 1 amide bonds. The van der Waals surface area contributed by atoms with E-state index in [-0.39, 0.29) is 23.2 Å². The predicted molar refractivity (Wildman–Crippen MR) is 86.6 cm³/mol. The highest BCUT2D eigenvalue weighted by Gasteiger charge is 2.26. The Morgan fingerprint density at radius 2 is 2.00 bits per heavy atom. The average molecular weight is 353 g/mol. The molecule has 0 fully saturated rings. The van der Waals surface area contributed by atoms with Gasteiger partial charge in [-0.25, -0.2) is 18.2 Å². The number of fused-ring (bicyclic) bond motifs is 1. The number of aliphatic carboxylic acids is 1. The minimum absolute atomic E-state index is 0.0664. The molecule has 1 atom stereocenters. The molecular weight excluding hydrogens is 334 g/mol. The van der Waals surface area contributed by atoms with Crippen molar-refractivity contribution in [2.75, 3.05) is 6.26 Å². The number of carboxylic acid groups (broad SMARTS) is 1. The van der Waals surface area contributed by atoms with E-state index in [1.807, 2.05) is 13.8 Å². The zero-order valence-electron chi connectivity index (χ0n) is 13.6. The largest absolute Gasteiger partial charge is 0.480 e. The summed E-state index contributed by atoms with van der Waals surface area (Å²) < 4.78 is 25.0. The van der Waals surface area contributed by atoms with E-state index in [9.17, 15) is 23.1 Å². The van der Waals surface area contributed by atoms with E-state index in [0.717, 1.165) is 6.26 Å². The molecule has 0 spiro atoms. The van der Waals surface area contributed by atoms with E-state index >= 15 is 0 Å². The number of nitrogens with zero attached hydrogens (tertiary/aromatic N) is 2. The summed E-state index contributed by atoms with van der Waals surface area (Å²) in [5.41, 5.74) is 0.176. The van der Waals surface area contributed by atoms with Crippen LogP contribution in [-0.4, -0.2) is 47.1 Å². The number of amides is 1. The van der Waals surface area contributed by atoms with Crippen molar-refractivity contribution in [3.63, 3.8) is 0 Å². The van der Waals surface area contributed by atoms with Gasteiger partial charge in [0.2, 0.25) is 15.0 Å². The fourth-order valence-corrected chi connectivity index (χ4v) is 3.13. The van der Waals surface area contributed by atoms with Crippen molar-refractivity contribution in [2.24, 2.45) is 5.92 Å². The lowest BCUT2D eigenvalue weighted by molar-refractivity contribution is -0.139. The van der Waals surface area contributed by atoms with Gasteiger partial charge in [0.1, 0.15) is 6.04 Å². The maximum absolute atomic E-state index is 12.5. The number of hydrogen-bond donors (Lipinski definition) is 2. The van der Waals surface area contributed by atoms with Gasteiger partial charge in [-0.05, 0) is 24.5 Å². The number of imidazole rings is 1. The van der Waals surface area contributed by atoms with Crippen LogP contribution in [0.25, 0.3) is 5.52 Å². The number of carbonyl (C=O) groups excluding carboxylic acids is 1. The van der Waals surface area contributed by atoms with Crippen molar-refractivity contribution in [1.82, 2.24) is 14.7 Å². The molecular formula is C15H19N3O5S. The minimum atomic E-state index is -3.65. The van der Waals surface area contributed by atoms with Crippen LogP contribution >= 0.6 is 0 Å². The highest BCUT2D eigenvalue weighted by molar-refractivity contribution is 7.90. The van der Waals surface area contributed by atoms with Crippen LogP contribution < -0.4 is 5.32 Å². The van der Waals surface area contributed by atoms with Crippen molar-refractivity contribution < 1.29 is 23.1 Å². The van der Waals surface area contributed by atoms with Crippen LogP contribution in [0.1, 0.15) is 30.8 Å². The zero-order chi connectivity index (χ0) is 18.1. The van der Waals surface area contributed by atoms with Crippen molar-refractivity contribution in [3.05, 3.63) is 30.1 Å². The van der Waals surface area contributed by atoms with E-state index < -0.39 is 27.8 Å². The Morgan fingerprint density at radius 1 is 1.33 bits per heavy atom. The minimum Gasteiger partial charge on any atom is -0.480 e. The van der Waals surface area contributed by atoms with E-state index in [1.54, 1.807) is 18.2 Å². The summed E-state index contributed by atoms with van der Waals surface area (Å²) in [6, 6.07) is 3.74. The highest BCUT2D eigenvalue weighted by Crippen LogP contribution is 2.17. The summed E-state index contributed by atoms with van der Waals surface area (Å²) in [6.45, 7) is 3.69. The van der Waals surface area contributed by atoms with E-state index in [1.165, 1.54) is 10.6 Å². The molecule has 0 saturated heterocycles. The molecule has 2 rings (SSSR count). The number of rotatable bonds is 6. The van der Waals surface area contributed by atoms with Crippen molar-refractivity contribution in [1.29, 1.82) is 0 Å². The molecule has 0 radical (unpaired) electrons. The number of carboxylic acids is 1. The second-order valence-electron chi connectivity index (χ2n) is 5.96. The van der Waals surface area contributed by atoms with Gasteiger partial charge in [0.05, 0.1) is 5.52 Å². The van der Waals surface area contributed by atoms with E-state index in [0.29, 0.717) is 5.52 Å². The fourth-order valence-electron chi connectivity index (χ4n) is 2.36. The number of pyridine rings is 1. The first-order valence-electron chi connectivity index (χ1n) is 7.32. The number of nitrogens with one attached hydrogen (secondary N) is 1. The summed E-state index contributed by atoms with van der Waals surface area (Å²) in [4.78, 5) is 27.7. The molecule has 0 bridgehead atoms. The van der Waals surface area contributed by atoms with Crippen molar-refractivity contribution in [3.8, 4) is 0 Å². The summed E-state index contributed by atoms with van der Waals surface area (Å²) >= 11 is 0. The van der Waals surface area contributed by atoms with Gasteiger partial charge in [-0.3, -0.25) is 9.20 Å². The first-order valence-corrected chi connectivity index (χ1v) is 9.21. The molecule has 9 heteroatoms. The van der Waals surface area contributed by atoms with Gasteiger partial charge in [-0.2, -0.15) is 0 Å². The zero-order valence-corrected chi connectivity index (χ0v) is 14.4. The van der Waals surface area contributed by atoms with Crippen LogP contribution in [0, 0.1) is 5.92 Å². The lowest BCUT2D eigenvalue weighted by Crippen LogP contribution is -2.41. The molecule has 0 saturated carbocycles. The normalized spacial score (nSPS) is 13.2. The summed E-state index contributed by atoms with van der Waals surface area (Å²) in [5.74, 6) is -1.80. The Morgan fingerprint density at radius 3 is 2.54 bits per heavy atom. The van der Waals surface area contributed by atoms with Crippen LogP contribution in [0.3, 0.4) is 0 Å². The molecule has 0 aliphatic heterocycles. The van der Waals surface area contributed by atoms with Gasteiger partial charge in [0.15, 0.2) is 5.69 Å². The molecule has 0 aromatic carbocycles. The maximum atomic E-state index is 12.5. The summed E-state index contributed by atoms with van der Waals surface area (Å²) in [7, 11) is -3.65. The third kappa shape index (κ3) is 3.73.